The molecule has 1 aliphatic heterocycles. The molecule has 1 N–H and O–H groups in total. The van der Waals surface area contributed by atoms with E-state index in [4.69, 9.17) is 0 Å². The minimum absolute atomic E-state index is 0.00203. The van der Waals surface area contributed by atoms with E-state index in [1.165, 1.54) is 0 Å². The molecular formula is C15H20N2O2. The van der Waals surface area contributed by atoms with Crippen LogP contribution in [0.2, 0.25) is 0 Å². The minimum Gasteiger partial charge on any atom is -0.342 e. The first-order valence-electron chi connectivity index (χ1n) is 6.73. The molecule has 0 saturated carbocycles. The number of benzene rings is 1. The first-order chi connectivity index (χ1) is 9.06. The standard InChI is InChI=1S/C15H20N2O2/c1-4-12-15(19)17(10(2)3)13(14(18)16-12)11-8-6-5-7-9-11/h5-10,12-13H,4H2,1-3H3,(H,16,18). The molecule has 0 aliphatic carbocycles. The van der Waals surface area contributed by atoms with Crippen LogP contribution < -0.4 is 5.32 Å². The molecular weight excluding hydrogens is 240 g/mol. The smallest absolute Gasteiger partial charge is 0.248 e. The number of nitrogens with zero attached hydrogens (tertiary/aromatic N) is 1. The van der Waals surface area contributed by atoms with Crippen LogP contribution in [0.15, 0.2) is 30.3 Å². The third-order valence-electron chi connectivity index (χ3n) is 3.48. The Balaban J connectivity index is 2.40. The Morgan fingerprint density at radius 1 is 1.21 bits per heavy atom. The summed E-state index contributed by atoms with van der Waals surface area (Å²) in [5.74, 6) is -0.0858. The fourth-order valence-electron chi connectivity index (χ4n) is 2.52. The quantitative estimate of drug-likeness (QED) is 0.902. The van der Waals surface area contributed by atoms with Gasteiger partial charge in [-0.25, -0.2) is 0 Å². The number of carbonyl (C=O) groups is 2. The highest BCUT2D eigenvalue weighted by Crippen LogP contribution is 2.28. The summed E-state index contributed by atoms with van der Waals surface area (Å²) in [5, 5.41) is 2.82. The van der Waals surface area contributed by atoms with E-state index in [1.54, 1.807) is 4.90 Å². The summed E-state index contributed by atoms with van der Waals surface area (Å²) >= 11 is 0. The largest absolute Gasteiger partial charge is 0.342 e. The number of piperazine rings is 1. The van der Waals surface area contributed by atoms with E-state index in [1.807, 2.05) is 51.1 Å². The van der Waals surface area contributed by atoms with E-state index >= 15 is 0 Å². The molecule has 1 fully saturated rings. The normalized spacial score (nSPS) is 23.7. The molecule has 102 valence electrons. The van der Waals surface area contributed by atoms with Crippen LogP contribution in [0.25, 0.3) is 0 Å². The molecule has 4 heteroatoms. The maximum absolute atomic E-state index is 12.4. The van der Waals surface area contributed by atoms with Gasteiger partial charge in [0.1, 0.15) is 12.1 Å². The highest BCUT2D eigenvalue weighted by molar-refractivity contribution is 5.97. The SMILES string of the molecule is CCC1NC(=O)C(c2ccccc2)N(C(C)C)C1=O. The number of nitrogens with one attached hydrogen (secondary N) is 1. The molecule has 1 aromatic rings. The highest BCUT2D eigenvalue weighted by atomic mass is 16.2. The molecule has 0 aromatic heterocycles. The summed E-state index contributed by atoms with van der Waals surface area (Å²) in [6, 6.07) is 8.54. The van der Waals surface area contributed by atoms with E-state index in [2.05, 4.69) is 5.32 Å². The van der Waals surface area contributed by atoms with Crippen molar-refractivity contribution in [2.75, 3.05) is 0 Å². The van der Waals surface area contributed by atoms with Crippen molar-refractivity contribution in [2.45, 2.75) is 45.3 Å². The van der Waals surface area contributed by atoms with E-state index in [-0.39, 0.29) is 17.9 Å². The lowest BCUT2D eigenvalue weighted by molar-refractivity contribution is -0.151. The first kappa shape index (κ1) is 13.6. The molecule has 1 aliphatic rings. The molecule has 4 nitrogen and oxygen atoms in total. The van der Waals surface area contributed by atoms with Gasteiger partial charge in [-0.2, -0.15) is 0 Å². The van der Waals surface area contributed by atoms with Crippen LogP contribution in [0.1, 0.15) is 38.8 Å². The lowest BCUT2D eigenvalue weighted by atomic mass is 9.97. The fourth-order valence-corrected chi connectivity index (χ4v) is 2.52. The molecule has 19 heavy (non-hydrogen) atoms. The molecule has 1 saturated heterocycles. The predicted molar refractivity (Wildman–Crippen MR) is 73.4 cm³/mol. The van der Waals surface area contributed by atoms with Gasteiger partial charge in [-0.3, -0.25) is 9.59 Å². The molecule has 0 radical (unpaired) electrons. The van der Waals surface area contributed by atoms with E-state index in [0.29, 0.717) is 6.42 Å². The molecule has 2 atom stereocenters. The summed E-state index contributed by atoms with van der Waals surface area (Å²) in [7, 11) is 0. The van der Waals surface area contributed by atoms with Gasteiger partial charge < -0.3 is 10.2 Å². The third kappa shape index (κ3) is 2.48. The highest BCUT2D eigenvalue weighted by Gasteiger charge is 2.41. The monoisotopic (exact) mass is 260 g/mol. The van der Waals surface area contributed by atoms with Crippen molar-refractivity contribution in [1.29, 1.82) is 0 Å². The van der Waals surface area contributed by atoms with Gasteiger partial charge in [0, 0.05) is 6.04 Å². The second-order valence-corrected chi connectivity index (χ2v) is 5.12. The van der Waals surface area contributed by atoms with Gasteiger partial charge in [0.2, 0.25) is 11.8 Å². The van der Waals surface area contributed by atoms with Crippen molar-refractivity contribution in [3.05, 3.63) is 35.9 Å². The fraction of sp³-hybridized carbons (Fsp3) is 0.467. The van der Waals surface area contributed by atoms with Gasteiger partial charge in [0.05, 0.1) is 0 Å². The van der Waals surface area contributed by atoms with Crippen LogP contribution in [0.3, 0.4) is 0 Å². The van der Waals surface area contributed by atoms with Gasteiger partial charge in [-0.15, -0.1) is 0 Å². The topological polar surface area (TPSA) is 49.4 Å². The van der Waals surface area contributed by atoms with Crippen LogP contribution in [0.4, 0.5) is 0 Å². The number of hydrogen-bond donors (Lipinski definition) is 1. The van der Waals surface area contributed by atoms with Crippen LogP contribution in [-0.2, 0) is 9.59 Å². The zero-order valence-electron chi connectivity index (χ0n) is 11.6. The van der Waals surface area contributed by atoms with E-state index < -0.39 is 12.1 Å². The summed E-state index contributed by atoms with van der Waals surface area (Å²) in [6.45, 7) is 5.79. The minimum atomic E-state index is -0.517. The lowest BCUT2D eigenvalue weighted by Gasteiger charge is -2.41. The summed E-state index contributed by atoms with van der Waals surface area (Å²) in [6.07, 6.45) is 0.620. The van der Waals surface area contributed by atoms with Crippen molar-refractivity contribution >= 4 is 11.8 Å². The van der Waals surface area contributed by atoms with Gasteiger partial charge in [-0.05, 0) is 25.8 Å². The average molecular weight is 260 g/mol. The van der Waals surface area contributed by atoms with Crippen molar-refractivity contribution < 1.29 is 9.59 Å². The van der Waals surface area contributed by atoms with Crippen molar-refractivity contribution in [3.63, 3.8) is 0 Å². The lowest BCUT2D eigenvalue weighted by Crippen LogP contribution is -2.60. The summed E-state index contributed by atoms with van der Waals surface area (Å²) in [4.78, 5) is 26.5. The summed E-state index contributed by atoms with van der Waals surface area (Å²) < 4.78 is 0. The Labute approximate surface area is 113 Å². The van der Waals surface area contributed by atoms with Gasteiger partial charge >= 0.3 is 0 Å². The van der Waals surface area contributed by atoms with Crippen LogP contribution in [0, 0.1) is 0 Å². The zero-order valence-corrected chi connectivity index (χ0v) is 11.6. The van der Waals surface area contributed by atoms with Crippen molar-refractivity contribution in [1.82, 2.24) is 10.2 Å². The second-order valence-electron chi connectivity index (χ2n) is 5.12. The van der Waals surface area contributed by atoms with Crippen LogP contribution in [-0.4, -0.2) is 28.8 Å². The molecule has 0 bridgehead atoms. The molecule has 1 aromatic carbocycles. The van der Waals surface area contributed by atoms with Crippen molar-refractivity contribution in [2.24, 2.45) is 0 Å². The Morgan fingerprint density at radius 2 is 1.84 bits per heavy atom. The van der Waals surface area contributed by atoms with Crippen LogP contribution >= 0.6 is 0 Å². The predicted octanol–water partition coefficient (Wildman–Crippen LogP) is 1.87. The molecule has 0 spiro atoms. The summed E-state index contributed by atoms with van der Waals surface area (Å²) in [5.41, 5.74) is 0.858. The number of carbonyl (C=O) groups excluding carboxylic acids is 2. The number of rotatable bonds is 3. The maximum atomic E-state index is 12.4. The molecule has 2 amide bonds. The Bertz CT molecular complexity index is 470. The number of amides is 2. The van der Waals surface area contributed by atoms with Crippen LogP contribution in [0.5, 0.6) is 0 Å². The maximum Gasteiger partial charge on any atom is 0.248 e. The van der Waals surface area contributed by atoms with E-state index in [0.717, 1.165) is 5.56 Å². The second kappa shape index (κ2) is 5.43. The molecule has 2 unspecified atom stereocenters. The Kier molecular flexibility index (Phi) is 3.88. The Hall–Kier alpha value is -1.84. The van der Waals surface area contributed by atoms with E-state index in [9.17, 15) is 9.59 Å². The van der Waals surface area contributed by atoms with Gasteiger partial charge in [-0.1, -0.05) is 37.3 Å². The average Bonchev–Trinajstić information content (AvgIpc) is 2.41. The Morgan fingerprint density at radius 3 is 2.37 bits per heavy atom. The third-order valence-corrected chi connectivity index (χ3v) is 3.48. The van der Waals surface area contributed by atoms with Gasteiger partial charge in [0.15, 0.2) is 0 Å². The molecule has 2 rings (SSSR count). The van der Waals surface area contributed by atoms with Crippen molar-refractivity contribution in [3.8, 4) is 0 Å². The zero-order chi connectivity index (χ0) is 14.0. The van der Waals surface area contributed by atoms with Gasteiger partial charge in [0.25, 0.3) is 0 Å². The molecule has 1 heterocycles. The number of hydrogen-bond acceptors (Lipinski definition) is 2. The first-order valence-corrected chi connectivity index (χ1v) is 6.73.